The average Bonchev–Trinajstić information content (AvgIpc) is 3.28. The van der Waals surface area contributed by atoms with Crippen LogP contribution in [0.15, 0.2) is 60.0 Å². The van der Waals surface area contributed by atoms with Gasteiger partial charge in [-0.05, 0) is 78.2 Å². The van der Waals surface area contributed by atoms with Crippen LogP contribution in [-0.4, -0.2) is 49.8 Å². The molecule has 5 heteroatoms. The molecule has 3 aliphatic carbocycles. The quantitative estimate of drug-likeness (QED) is 0.622. The molecule has 1 aromatic carbocycles. The van der Waals surface area contributed by atoms with E-state index < -0.39 is 29.5 Å². The van der Waals surface area contributed by atoms with E-state index in [4.69, 9.17) is 4.74 Å². The lowest BCUT2D eigenvalue weighted by molar-refractivity contribution is -0.152. The number of nitrogens with zero attached hydrogens (tertiary/aromatic N) is 1. The van der Waals surface area contributed by atoms with E-state index in [9.17, 15) is 15.3 Å². The maximum Gasteiger partial charge on any atom is 0.104 e. The van der Waals surface area contributed by atoms with Crippen LogP contribution in [0.3, 0.4) is 0 Å². The first-order valence-electron chi connectivity index (χ1n) is 12.4. The van der Waals surface area contributed by atoms with E-state index in [0.29, 0.717) is 12.8 Å². The summed E-state index contributed by atoms with van der Waals surface area (Å²) in [6.45, 7) is 2.33. The van der Waals surface area contributed by atoms with Crippen molar-refractivity contribution in [3.63, 3.8) is 0 Å². The van der Waals surface area contributed by atoms with Crippen molar-refractivity contribution in [3.05, 3.63) is 65.5 Å². The second-order valence-electron chi connectivity index (χ2n) is 11.3. The molecule has 8 atom stereocenters. The van der Waals surface area contributed by atoms with E-state index in [1.54, 1.807) is 0 Å². The number of hydrogen-bond donors (Lipinski definition) is 3. The van der Waals surface area contributed by atoms with Gasteiger partial charge in [0.25, 0.3) is 0 Å². The van der Waals surface area contributed by atoms with E-state index in [2.05, 4.69) is 42.3 Å². The fraction of sp³-hybridized carbons (Fsp3) is 0.536. The minimum Gasteiger partial charge on any atom is -0.392 e. The fourth-order valence-electron chi connectivity index (χ4n) is 8.29. The summed E-state index contributed by atoms with van der Waals surface area (Å²) in [5.41, 5.74) is 2.19. The monoisotopic (exact) mass is 445 g/mol. The zero-order valence-electron chi connectivity index (χ0n) is 18.9. The predicted octanol–water partition coefficient (Wildman–Crippen LogP) is 3.78. The van der Waals surface area contributed by atoms with Gasteiger partial charge in [0.2, 0.25) is 0 Å². The van der Waals surface area contributed by atoms with Gasteiger partial charge in [0.1, 0.15) is 6.10 Å². The smallest absolute Gasteiger partial charge is 0.104 e. The second kappa shape index (κ2) is 6.54. The summed E-state index contributed by atoms with van der Waals surface area (Å²) in [7, 11) is 0. The Bertz CT molecular complexity index is 1220. The van der Waals surface area contributed by atoms with Gasteiger partial charge in [0.05, 0.1) is 23.4 Å². The topological polar surface area (TPSA) is 82.8 Å². The van der Waals surface area contributed by atoms with Crippen LogP contribution in [0.1, 0.15) is 56.9 Å². The number of allylic oxidation sites excluding steroid dienone is 1. The first kappa shape index (κ1) is 20.3. The Balaban J connectivity index is 1.34. The molecule has 0 unspecified atom stereocenters. The standard InChI is InChI=1S/C28H31NO4/c1-26-7-4-19-13-20-25(32)21(30)5-8-27(20)9-10-28(19,33-27)23(26)14-22(31)24(26)17-3-2-16-6-11-29-15-18(16)12-17/h2-4,6,11-13,15,21-25,30-32H,5,7-10,14H2,1H3/t21-,22+,23-,24+,25-,26+,27+,28-/m1/s1. The van der Waals surface area contributed by atoms with Gasteiger partial charge >= 0.3 is 0 Å². The van der Waals surface area contributed by atoms with Crippen molar-refractivity contribution < 1.29 is 20.1 Å². The molecule has 5 nitrogen and oxygen atoms in total. The molecule has 0 amide bonds. The van der Waals surface area contributed by atoms with Crippen molar-refractivity contribution in [1.29, 1.82) is 0 Å². The van der Waals surface area contributed by atoms with Gasteiger partial charge in [0, 0.05) is 29.6 Å². The summed E-state index contributed by atoms with van der Waals surface area (Å²) in [6, 6.07) is 8.55. The SMILES string of the molecule is C[C@]12CC=C3C=C4[C@@H](O)[C@H](O)CC[C@]45CC[C@]3(O5)[C@@H]1C[C@H](O)[C@@H]2c1ccc2ccncc2c1. The summed E-state index contributed by atoms with van der Waals surface area (Å²) >= 11 is 0. The maximum absolute atomic E-state index is 11.4. The molecule has 2 spiro atoms. The molecule has 1 aromatic heterocycles. The van der Waals surface area contributed by atoms with Crippen molar-refractivity contribution in [3.8, 4) is 0 Å². The van der Waals surface area contributed by atoms with Crippen LogP contribution in [0, 0.1) is 11.3 Å². The second-order valence-corrected chi connectivity index (χ2v) is 11.3. The molecule has 33 heavy (non-hydrogen) atoms. The number of benzene rings is 1. The van der Waals surface area contributed by atoms with Gasteiger partial charge in [-0.15, -0.1) is 0 Å². The zero-order valence-corrected chi connectivity index (χ0v) is 18.9. The summed E-state index contributed by atoms with van der Waals surface area (Å²) in [4.78, 5) is 4.29. The summed E-state index contributed by atoms with van der Waals surface area (Å²) < 4.78 is 7.05. The molecular formula is C28H31NO4. The van der Waals surface area contributed by atoms with Crippen molar-refractivity contribution in [2.45, 2.75) is 80.9 Å². The zero-order chi connectivity index (χ0) is 22.6. The van der Waals surface area contributed by atoms with Crippen molar-refractivity contribution in [2.75, 3.05) is 0 Å². The Kier molecular flexibility index (Phi) is 4.03. The highest BCUT2D eigenvalue weighted by atomic mass is 16.5. The fourth-order valence-corrected chi connectivity index (χ4v) is 8.29. The normalized spacial score (nSPS) is 45.8. The maximum atomic E-state index is 11.4. The number of hydrogen-bond acceptors (Lipinski definition) is 5. The van der Waals surface area contributed by atoms with Crippen LogP contribution in [0.25, 0.3) is 10.8 Å². The third-order valence-electron chi connectivity index (χ3n) is 9.85. The largest absolute Gasteiger partial charge is 0.392 e. The highest BCUT2D eigenvalue weighted by Gasteiger charge is 2.68. The Morgan fingerprint density at radius 1 is 1.03 bits per heavy atom. The van der Waals surface area contributed by atoms with Gasteiger partial charge < -0.3 is 20.1 Å². The number of fused-ring (bicyclic) bond motifs is 2. The van der Waals surface area contributed by atoms with Crippen LogP contribution >= 0.6 is 0 Å². The summed E-state index contributed by atoms with van der Waals surface area (Å²) in [6.07, 6.45) is 10.8. The lowest BCUT2D eigenvalue weighted by Gasteiger charge is -2.54. The summed E-state index contributed by atoms with van der Waals surface area (Å²) in [5, 5.41) is 34.8. The van der Waals surface area contributed by atoms with E-state index >= 15 is 0 Å². The third kappa shape index (κ3) is 2.49. The van der Waals surface area contributed by atoms with Gasteiger partial charge in [-0.25, -0.2) is 0 Å². The molecule has 1 saturated heterocycles. The van der Waals surface area contributed by atoms with Crippen LogP contribution in [0.4, 0.5) is 0 Å². The number of pyridine rings is 1. The van der Waals surface area contributed by atoms with Crippen LogP contribution in [0.2, 0.25) is 0 Å². The lowest BCUT2D eigenvalue weighted by Crippen LogP contribution is -2.56. The molecular weight excluding hydrogens is 414 g/mol. The predicted molar refractivity (Wildman–Crippen MR) is 125 cm³/mol. The Morgan fingerprint density at radius 2 is 1.91 bits per heavy atom. The molecule has 3 fully saturated rings. The van der Waals surface area contributed by atoms with E-state index in [1.165, 1.54) is 5.56 Å². The lowest BCUT2D eigenvalue weighted by atomic mass is 9.58. The van der Waals surface area contributed by atoms with Gasteiger partial charge in [-0.1, -0.05) is 31.2 Å². The molecule has 2 aromatic rings. The van der Waals surface area contributed by atoms with Crippen molar-refractivity contribution >= 4 is 10.8 Å². The van der Waals surface area contributed by atoms with Crippen molar-refractivity contribution in [1.82, 2.24) is 4.98 Å². The minimum absolute atomic E-state index is 0.0311. The molecule has 172 valence electrons. The molecule has 3 N–H and O–H groups in total. The highest BCUT2D eigenvalue weighted by molar-refractivity contribution is 5.82. The third-order valence-corrected chi connectivity index (χ3v) is 9.85. The van der Waals surface area contributed by atoms with Crippen LogP contribution < -0.4 is 0 Å². The molecule has 2 aliphatic heterocycles. The van der Waals surface area contributed by atoms with Gasteiger partial charge in [-0.2, -0.15) is 0 Å². The van der Waals surface area contributed by atoms with Crippen LogP contribution in [0.5, 0.6) is 0 Å². The van der Waals surface area contributed by atoms with Crippen molar-refractivity contribution in [2.24, 2.45) is 11.3 Å². The Hall–Kier alpha value is -2.05. The Morgan fingerprint density at radius 3 is 2.79 bits per heavy atom. The number of ether oxygens (including phenoxy) is 1. The Labute approximate surface area is 193 Å². The van der Waals surface area contributed by atoms with E-state index in [-0.39, 0.29) is 17.3 Å². The number of rotatable bonds is 1. The minimum atomic E-state index is -0.850. The molecule has 5 aliphatic rings. The molecule has 2 saturated carbocycles. The molecule has 0 radical (unpaired) electrons. The van der Waals surface area contributed by atoms with E-state index in [1.807, 2.05) is 18.5 Å². The molecule has 2 bridgehead atoms. The number of aliphatic hydroxyl groups is 3. The molecule has 3 heterocycles. The molecule has 7 rings (SSSR count). The average molecular weight is 446 g/mol. The highest BCUT2D eigenvalue weighted by Crippen LogP contribution is 2.69. The number of aromatic nitrogens is 1. The van der Waals surface area contributed by atoms with Crippen LogP contribution in [-0.2, 0) is 4.74 Å². The van der Waals surface area contributed by atoms with Gasteiger partial charge in [0.15, 0.2) is 0 Å². The van der Waals surface area contributed by atoms with E-state index in [0.717, 1.165) is 47.6 Å². The summed E-state index contributed by atoms with van der Waals surface area (Å²) in [5.74, 6) is 0.235. The first-order valence-corrected chi connectivity index (χ1v) is 12.4. The van der Waals surface area contributed by atoms with Gasteiger partial charge in [-0.3, -0.25) is 4.98 Å². The first-order chi connectivity index (χ1) is 15.9. The number of aliphatic hydroxyl groups excluding tert-OH is 3.